The summed E-state index contributed by atoms with van der Waals surface area (Å²) in [6, 6.07) is 31.7. The van der Waals surface area contributed by atoms with Crippen LogP contribution in [0.25, 0.3) is 11.3 Å². The molecule has 11 nitrogen and oxygen atoms in total. The van der Waals surface area contributed by atoms with Crippen LogP contribution in [-0.4, -0.2) is 143 Å². The summed E-state index contributed by atoms with van der Waals surface area (Å²) in [5, 5.41) is 9.64. The average Bonchev–Trinajstić information content (AvgIpc) is 4.29. The molecule has 75 heavy (non-hydrogen) atoms. The number of likely N-dealkylation sites (tertiary alicyclic amines) is 3. The van der Waals surface area contributed by atoms with Gasteiger partial charge in [-0.1, -0.05) is 78.7 Å². The Hall–Kier alpha value is -4.21. The van der Waals surface area contributed by atoms with E-state index in [1.165, 1.54) is 24.0 Å². The van der Waals surface area contributed by atoms with Crippen LogP contribution in [0, 0.1) is 16.7 Å². The molecule has 11 rings (SSSR count). The number of rotatable bonds is 16. The molecule has 6 heterocycles. The van der Waals surface area contributed by atoms with E-state index >= 15 is 9.18 Å². The van der Waals surface area contributed by atoms with Crippen LogP contribution in [0.5, 0.6) is 11.5 Å². The molecule has 1 saturated carbocycles. The van der Waals surface area contributed by atoms with Gasteiger partial charge in [0.05, 0.1) is 42.5 Å². The van der Waals surface area contributed by atoms with E-state index < -0.39 is 23.5 Å². The Kier molecular flexibility index (Phi) is 15.4. The fraction of sp³-hybridized carbons (Fsp3) is 0.541. The molecule has 0 radical (unpaired) electrons. The van der Waals surface area contributed by atoms with Gasteiger partial charge in [-0.15, -0.1) is 0 Å². The molecule has 400 valence electrons. The van der Waals surface area contributed by atoms with Crippen LogP contribution in [0.15, 0.2) is 103 Å². The number of hydrogen-bond donors (Lipinski definition) is 2. The zero-order valence-electron chi connectivity index (χ0n) is 44.7. The monoisotopic (exact) mass is 1060 g/mol. The normalized spacial score (nSPS) is 32.3. The first-order valence-corrected chi connectivity index (χ1v) is 28.5. The third kappa shape index (κ3) is 9.39. The van der Waals surface area contributed by atoms with Gasteiger partial charge < -0.3 is 24.7 Å². The number of alkyl halides is 1. The van der Waals surface area contributed by atoms with Crippen molar-refractivity contribution in [2.75, 3.05) is 54.1 Å². The topological polar surface area (TPSA) is 90.4 Å². The van der Waals surface area contributed by atoms with E-state index in [0.29, 0.717) is 46.9 Å². The van der Waals surface area contributed by atoms with Gasteiger partial charge in [-0.2, -0.15) is 0 Å². The Morgan fingerprint density at radius 3 is 2.31 bits per heavy atom. The molecule has 5 aliphatic heterocycles. The van der Waals surface area contributed by atoms with Crippen molar-refractivity contribution in [1.29, 1.82) is 0 Å². The molecule has 0 amide bonds. The Labute approximate surface area is 454 Å². The van der Waals surface area contributed by atoms with Crippen molar-refractivity contribution in [2.24, 2.45) is 23.8 Å². The maximum atomic E-state index is 17.6. The first-order valence-electron chi connectivity index (χ1n) is 27.8. The van der Waals surface area contributed by atoms with Gasteiger partial charge in [-0.05, 0) is 151 Å². The van der Waals surface area contributed by atoms with Crippen LogP contribution < -0.4 is 15.4 Å². The predicted octanol–water partition coefficient (Wildman–Crippen LogP) is 9.87. The highest BCUT2D eigenvalue weighted by molar-refractivity contribution is 6.31. The maximum Gasteiger partial charge on any atom is 0.153 e. The number of benzene rings is 4. The predicted molar refractivity (Wildman–Crippen MR) is 297 cm³/mol. The summed E-state index contributed by atoms with van der Waals surface area (Å²) < 4.78 is 31.3. The highest BCUT2D eigenvalue weighted by Gasteiger charge is 2.77. The summed E-state index contributed by atoms with van der Waals surface area (Å²) in [6.45, 7) is 8.74. The Morgan fingerprint density at radius 2 is 1.59 bits per heavy atom. The lowest BCUT2D eigenvalue weighted by Crippen LogP contribution is -2.73. The van der Waals surface area contributed by atoms with E-state index in [-0.39, 0.29) is 60.7 Å². The van der Waals surface area contributed by atoms with Crippen molar-refractivity contribution >= 4 is 29.0 Å². The lowest BCUT2D eigenvalue weighted by molar-refractivity contribution is -0.154. The number of carbonyl (C=O) groups excluding carboxylic acids is 1. The van der Waals surface area contributed by atoms with E-state index in [1.54, 1.807) is 7.11 Å². The second kappa shape index (κ2) is 21.9. The van der Waals surface area contributed by atoms with Crippen molar-refractivity contribution < 1.29 is 18.7 Å². The molecule has 14 heteroatoms. The van der Waals surface area contributed by atoms with Crippen molar-refractivity contribution in [2.45, 2.75) is 133 Å². The number of hydrogen-bond acceptors (Lipinski definition) is 10. The van der Waals surface area contributed by atoms with E-state index in [0.717, 1.165) is 74.5 Å². The van der Waals surface area contributed by atoms with Gasteiger partial charge in [-0.25, -0.2) is 4.98 Å². The molecule has 6 aliphatic rings. The molecule has 5 saturated heterocycles. The minimum Gasteiger partial charge on any atom is -0.457 e. The Morgan fingerprint density at radius 1 is 0.853 bits per heavy atom. The van der Waals surface area contributed by atoms with Gasteiger partial charge >= 0.3 is 0 Å². The number of aromatic nitrogens is 2. The standard InChI is InChI=1S/C61H77Cl2FN8O3/c1-7-60-54-31-44(29-40-13-9-8-10-14-40)57(60)68(3)39(2)34-65-53-33-47(30-41-15-20-45(62)21-16-41)69(4)58-49(38-74-6)67-56(61(53,58)59(60)73)50(25-26-64)72(54)36-43-17-22-46(63)32-52(43)75-48-23-18-42(19-24-48)51-35-66-55(70(51)5)37-71-27-11-12-28-71/h8-10,13-24,32,35,39,44,47,49-50,53-54,56-58,65,67H,7,11-12,25-31,33-34,36-38H2,1-6H3/t39-,44+,47-,49+,50-,53?,54?,56?,57?,58?,60?,61?/m0/s1. The molecule has 12 atom stereocenters. The average molecular weight is 1060 g/mol. The Bertz CT molecular complexity index is 2780. The Balaban J connectivity index is 1.02. The minimum atomic E-state index is -0.939. The fourth-order valence-electron chi connectivity index (χ4n) is 15.8. The van der Waals surface area contributed by atoms with Crippen molar-refractivity contribution in [3.8, 4) is 22.8 Å². The number of likely N-dealkylation sites (N-methyl/N-ethyl adjacent to an activating group) is 2. The number of ketones is 1. The van der Waals surface area contributed by atoms with Gasteiger partial charge in [0, 0.05) is 103 Å². The molecule has 1 spiro atoms. The number of imidazole rings is 1. The molecule has 7 unspecified atom stereocenters. The minimum absolute atomic E-state index is 0.0909. The van der Waals surface area contributed by atoms with Crippen LogP contribution in [0.1, 0.15) is 74.9 Å². The molecular formula is C61H77Cl2FN8O3. The van der Waals surface area contributed by atoms with Crippen molar-refractivity contribution in [1.82, 2.24) is 39.8 Å². The molecule has 1 aromatic heterocycles. The number of nitrogens with one attached hydrogen (secondary N) is 2. The number of Topliss-reactive ketones (excluding diaryl/α,β-unsaturated/α-hetero) is 1. The number of ether oxygens (including phenoxy) is 2. The summed E-state index contributed by atoms with van der Waals surface area (Å²) in [4.78, 5) is 32.6. The molecule has 1 aliphatic carbocycles. The van der Waals surface area contributed by atoms with Gasteiger partial charge in [0.2, 0.25) is 0 Å². The second-order valence-corrected chi connectivity index (χ2v) is 23.9. The van der Waals surface area contributed by atoms with Crippen LogP contribution in [-0.2, 0) is 42.5 Å². The van der Waals surface area contributed by atoms with Gasteiger partial charge in [0.1, 0.15) is 17.3 Å². The number of nitrogens with zero attached hydrogens (tertiary/aromatic N) is 6. The third-order valence-electron chi connectivity index (χ3n) is 19.3. The molecule has 2 N–H and O–H groups in total. The molecule has 6 fully saturated rings. The number of methoxy groups -OCH3 is 1. The summed E-state index contributed by atoms with van der Waals surface area (Å²) in [7, 11) is 8.36. The first-order chi connectivity index (χ1) is 36.4. The van der Waals surface area contributed by atoms with Gasteiger partial charge in [0.25, 0.3) is 0 Å². The lowest BCUT2D eigenvalue weighted by Gasteiger charge is -2.57. The summed E-state index contributed by atoms with van der Waals surface area (Å²) in [5.41, 5.74) is 3.77. The number of carbonyl (C=O) groups is 1. The smallest absolute Gasteiger partial charge is 0.153 e. The highest BCUT2D eigenvalue weighted by atomic mass is 35.5. The molecule has 5 aromatic rings. The quantitative estimate of drug-likeness (QED) is 0.0996. The fourth-order valence-corrected chi connectivity index (χ4v) is 16.1. The zero-order valence-corrected chi connectivity index (χ0v) is 46.2. The summed E-state index contributed by atoms with van der Waals surface area (Å²) in [5.74, 6) is 2.87. The molecule has 4 aromatic carbocycles. The zero-order chi connectivity index (χ0) is 52.2. The summed E-state index contributed by atoms with van der Waals surface area (Å²) >= 11 is 13.3. The van der Waals surface area contributed by atoms with Crippen LogP contribution in [0.2, 0.25) is 10.0 Å². The number of piperidine rings is 1. The van der Waals surface area contributed by atoms with Crippen LogP contribution >= 0.6 is 23.2 Å². The second-order valence-electron chi connectivity index (χ2n) is 23.0. The molecule has 2 bridgehead atoms. The SMILES string of the molecule is CCC12C(=O)C34C5C[C@H](Cc6ccc(Cl)cc6)N(C)C3[C@@H](COC)NC4[C@H](CCF)N(Cc3ccc(Cl)cc3Oc3ccc(-c4cnc(CN6CCCC6)n4C)cc3)C1C[C@@H](Cc1ccccc1)C2N(C)[C@@H](C)CN5. The van der Waals surface area contributed by atoms with Crippen molar-refractivity contribution in [3.63, 3.8) is 0 Å². The highest BCUT2D eigenvalue weighted by Crippen LogP contribution is 2.63. The largest absolute Gasteiger partial charge is 0.457 e. The van der Waals surface area contributed by atoms with E-state index in [1.807, 2.05) is 42.6 Å². The van der Waals surface area contributed by atoms with Crippen LogP contribution in [0.3, 0.4) is 0 Å². The van der Waals surface area contributed by atoms with Crippen molar-refractivity contribution in [3.05, 3.63) is 136 Å². The summed E-state index contributed by atoms with van der Waals surface area (Å²) in [6.07, 6.45) is 8.56. The third-order valence-corrected chi connectivity index (χ3v) is 19.8. The molecular weight excluding hydrogens is 983 g/mol. The van der Waals surface area contributed by atoms with E-state index in [2.05, 4.69) is 130 Å². The van der Waals surface area contributed by atoms with Gasteiger partial charge in [0.15, 0.2) is 5.78 Å². The van der Waals surface area contributed by atoms with E-state index in [4.69, 9.17) is 37.7 Å². The van der Waals surface area contributed by atoms with E-state index in [9.17, 15) is 0 Å². The van der Waals surface area contributed by atoms with Gasteiger partial charge in [-0.3, -0.25) is 28.8 Å². The maximum absolute atomic E-state index is 17.6. The lowest BCUT2D eigenvalue weighted by atomic mass is 9.54. The number of halogens is 3. The van der Waals surface area contributed by atoms with Crippen LogP contribution in [0.4, 0.5) is 4.39 Å². The first kappa shape index (κ1) is 52.8.